The number of ether oxygens (including phenoxy) is 3. The van der Waals surface area contributed by atoms with Gasteiger partial charge < -0.3 is 18.6 Å². The molecule has 0 atom stereocenters. The molecule has 0 radical (unpaired) electrons. The van der Waals surface area contributed by atoms with Crippen molar-refractivity contribution in [3.8, 4) is 23.0 Å². The minimum Gasteiger partial charge on any atom is -0.497 e. The lowest BCUT2D eigenvalue weighted by atomic mass is 10.1. The Morgan fingerprint density at radius 1 is 0.941 bits per heavy atom. The van der Waals surface area contributed by atoms with E-state index in [4.69, 9.17) is 30.2 Å². The van der Waals surface area contributed by atoms with Crippen molar-refractivity contribution in [2.24, 2.45) is 0 Å². The topological polar surface area (TPSA) is 75.0 Å². The highest BCUT2D eigenvalue weighted by Gasteiger charge is 2.12. The predicted octanol–water partition coefficient (Wildman–Crippen LogP) is 6.48. The van der Waals surface area contributed by atoms with Gasteiger partial charge in [-0.15, -0.1) is 0 Å². The van der Waals surface area contributed by atoms with E-state index in [1.807, 2.05) is 26.0 Å². The van der Waals surface area contributed by atoms with Gasteiger partial charge in [0, 0.05) is 17.2 Å². The van der Waals surface area contributed by atoms with Gasteiger partial charge in [0.1, 0.15) is 29.1 Å². The number of hydrogen-bond donors (Lipinski definition) is 0. The zero-order valence-corrected chi connectivity index (χ0v) is 19.5. The van der Waals surface area contributed by atoms with Crippen molar-refractivity contribution in [1.29, 1.82) is 0 Å². The molecule has 3 aromatic carbocycles. The molecule has 172 valence electrons. The highest BCUT2D eigenvalue weighted by atomic mass is 35.5. The molecule has 0 aliphatic heterocycles. The van der Waals surface area contributed by atoms with Crippen molar-refractivity contribution < 1.29 is 23.4 Å². The summed E-state index contributed by atoms with van der Waals surface area (Å²) in [5.41, 5.74) is 2.43. The largest absolute Gasteiger partial charge is 0.497 e. The highest BCUT2D eigenvalue weighted by Crippen LogP contribution is 2.29. The summed E-state index contributed by atoms with van der Waals surface area (Å²) in [6, 6.07) is 15.3. The van der Waals surface area contributed by atoms with Crippen molar-refractivity contribution in [2.75, 3.05) is 7.11 Å². The molecule has 0 unspecified atom stereocenters. The van der Waals surface area contributed by atoms with E-state index < -0.39 is 5.97 Å². The van der Waals surface area contributed by atoms with Gasteiger partial charge in [-0.3, -0.25) is 4.79 Å². The Labute approximate surface area is 200 Å². The third-order valence-corrected chi connectivity index (χ3v) is 5.69. The molecule has 0 fully saturated rings. The number of aryl methyl sites for hydroxylation is 2. The van der Waals surface area contributed by atoms with Crippen LogP contribution in [0.25, 0.3) is 17.0 Å². The van der Waals surface area contributed by atoms with Gasteiger partial charge in [-0.2, -0.15) is 0 Å². The number of fused-ring (bicyclic) bond motifs is 1. The molecule has 4 rings (SSSR count). The quantitative estimate of drug-likeness (QED) is 0.180. The number of halogens is 1. The average Bonchev–Trinajstić information content (AvgIpc) is 2.83. The van der Waals surface area contributed by atoms with Crippen molar-refractivity contribution >= 4 is 34.6 Å². The first-order chi connectivity index (χ1) is 16.3. The molecule has 0 amide bonds. The number of methoxy groups -OCH3 is 1. The predicted molar refractivity (Wildman–Crippen MR) is 131 cm³/mol. The zero-order valence-electron chi connectivity index (χ0n) is 18.8. The molecule has 0 aliphatic carbocycles. The zero-order chi connectivity index (χ0) is 24.2. The van der Waals surface area contributed by atoms with Crippen LogP contribution in [-0.4, -0.2) is 13.1 Å². The molecule has 1 heterocycles. The van der Waals surface area contributed by atoms with Crippen LogP contribution in [-0.2, 0) is 4.79 Å². The van der Waals surface area contributed by atoms with E-state index in [0.717, 1.165) is 22.4 Å². The summed E-state index contributed by atoms with van der Waals surface area (Å²) in [5, 5.41) is 0.951. The van der Waals surface area contributed by atoms with E-state index in [9.17, 15) is 9.59 Å². The van der Waals surface area contributed by atoms with Gasteiger partial charge in [0.05, 0.1) is 12.5 Å². The van der Waals surface area contributed by atoms with Crippen LogP contribution in [0, 0.1) is 13.8 Å². The van der Waals surface area contributed by atoms with Crippen molar-refractivity contribution in [3.63, 3.8) is 0 Å². The molecule has 0 saturated carbocycles. The third-order valence-electron chi connectivity index (χ3n) is 5.10. The van der Waals surface area contributed by atoms with E-state index in [1.54, 1.807) is 37.5 Å². The van der Waals surface area contributed by atoms with Gasteiger partial charge in [0.2, 0.25) is 11.2 Å². The van der Waals surface area contributed by atoms with Crippen LogP contribution in [0.15, 0.2) is 76.1 Å². The smallest absolute Gasteiger partial charge is 0.336 e. The van der Waals surface area contributed by atoms with Crippen LogP contribution < -0.4 is 19.6 Å². The van der Waals surface area contributed by atoms with E-state index in [-0.39, 0.29) is 22.5 Å². The summed E-state index contributed by atoms with van der Waals surface area (Å²) in [6.07, 6.45) is 4.18. The summed E-state index contributed by atoms with van der Waals surface area (Å²) in [6.45, 7) is 3.72. The van der Waals surface area contributed by atoms with E-state index in [1.165, 1.54) is 30.5 Å². The standard InChI is InChI=1S/C27H21ClO6/c1-16-12-21(13-17(2)26(16)28)33-24-15-32-23-14-20(9-10-22(23)27(24)30)34-25(29)11-6-18-4-7-19(31-3)8-5-18/h4-15H,1-3H3. The third kappa shape index (κ3) is 5.13. The SMILES string of the molecule is COc1ccc(C=CC(=O)Oc2ccc3c(=O)c(Oc4cc(C)c(Cl)c(C)c4)coc3c2)cc1. The lowest BCUT2D eigenvalue weighted by Gasteiger charge is -2.09. The maximum Gasteiger partial charge on any atom is 0.336 e. The molecule has 0 N–H and O–H groups in total. The van der Waals surface area contributed by atoms with E-state index in [2.05, 4.69) is 0 Å². The molecule has 4 aromatic rings. The van der Waals surface area contributed by atoms with Crippen molar-refractivity contribution in [1.82, 2.24) is 0 Å². The Kier molecular flexibility index (Phi) is 6.70. The van der Waals surface area contributed by atoms with Gasteiger partial charge >= 0.3 is 5.97 Å². The molecule has 6 nitrogen and oxygen atoms in total. The Hall–Kier alpha value is -4.03. The van der Waals surface area contributed by atoms with Crippen molar-refractivity contribution in [3.05, 3.63) is 98.9 Å². The van der Waals surface area contributed by atoms with Gasteiger partial charge in [0.15, 0.2) is 0 Å². The summed E-state index contributed by atoms with van der Waals surface area (Å²) >= 11 is 6.19. The lowest BCUT2D eigenvalue weighted by molar-refractivity contribution is -0.128. The maximum atomic E-state index is 12.9. The first kappa shape index (κ1) is 23.1. The van der Waals surface area contributed by atoms with Crippen molar-refractivity contribution in [2.45, 2.75) is 13.8 Å². The Balaban J connectivity index is 1.50. The molecule has 7 heteroatoms. The van der Waals surface area contributed by atoms with Gasteiger partial charge in [-0.25, -0.2) is 4.79 Å². The molecule has 1 aromatic heterocycles. The van der Waals surface area contributed by atoms with Gasteiger partial charge in [-0.05, 0) is 73.0 Å². The summed E-state index contributed by atoms with van der Waals surface area (Å²) < 4.78 is 21.8. The van der Waals surface area contributed by atoms with Gasteiger partial charge in [-0.1, -0.05) is 23.7 Å². The number of carbonyl (C=O) groups excluding carboxylic acids is 1. The lowest BCUT2D eigenvalue weighted by Crippen LogP contribution is -2.06. The minimum absolute atomic E-state index is 0.0424. The Morgan fingerprint density at radius 3 is 2.29 bits per heavy atom. The van der Waals surface area contributed by atoms with E-state index in [0.29, 0.717) is 16.2 Å². The molecular formula is C27H21ClO6. The molecule has 0 bridgehead atoms. The van der Waals surface area contributed by atoms with Gasteiger partial charge in [0.25, 0.3) is 0 Å². The summed E-state index contributed by atoms with van der Waals surface area (Å²) in [5.74, 6) is 0.939. The first-order valence-electron chi connectivity index (χ1n) is 10.4. The van der Waals surface area contributed by atoms with Crippen LogP contribution in [0.4, 0.5) is 0 Å². The second kappa shape index (κ2) is 9.85. The first-order valence-corrected chi connectivity index (χ1v) is 10.8. The van der Waals surface area contributed by atoms with Crippen LogP contribution in [0.1, 0.15) is 16.7 Å². The van der Waals surface area contributed by atoms with E-state index >= 15 is 0 Å². The second-order valence-electron chi connectivity index (χ2n) is 7.59. The maximum absolute atomic E-state index is 12.9. The molecule has 0 saturated heterocycles. The number of benzene rings is 3. The average molecular weight is 477 g/mol. The number of esters is 1. The number of hydrogen-bond acceptors (Lipinski definition) is 6. The second-order valence-corrected chi connectivity index (χ2v) is 7.97. The molecule has 0 spiro atoms. The van der Waals surface area contributed by atoms with Crippen LogP contribution >= 0.6 is 11.6 Å². The summed E-state index contributed by atoms with van der Waals surface area (Å²) in [4.78, 5) is 25.1. The molecule has 0 aliphatic rings. The highest BCUT2D eigenvalue weighted by molar-refractivity contribution is 6.32. The summed E-state index contributed by atoms with van der Waals surface area (Å²) in [7, 11) is 1.59. The Morgan fingerprint density at radius 2 is 1.62 bits per heavy atom. The normalized spacial score (nSPS) is 11.1. The fourth-order valence-corrected chi connectivity index (χ4v) is 3.46. The number of rotatable bonds is 6. The Bertz CT molecular complexity index is 1430. The molecule has 34 heavy (non-hydrogen) atoms. The number of carbonyl (C=O) groups is 1. The fourth-order valence-electron chi connectivity index (χ4n) is 3.35. The van der Waals surface area contributed by atoms with Crippen LogP contribution in [0.3, 0.4) is 0 Å². The minimum atomic E-state index is -0.564. The molecular weight excluding hydrogens is 456 g/mol. The monoisotopic (exact) mass is 476 g/mol. The fraction of sp³-hybridized carbons (Fsp3) is 0.111. The van der Waals surface area contributed by atoms with Crippen LogP contribution in [0.5, 0.6) is 23.0 Å². The van der Waals surface area contributed by atoms with Crippen LogP contribution in [0.2, 0.25) is 5.02 Å².